The van der Waals surface area contributed by atoms with Crippen LogP contribution in [0.2, 0.25) is 0 Å². The first-order valence-electron chi connectivity index (χ1n) is 9.57. The third kappa shape index (κ3) is 9.31. The highest BCUT2D eigenvalue weighted by molar-refractivity contribution is 8.00. The highest BCUT2D eigenvalue weighted by Crippen LogP contribution is 2.43. The Morgan fingerprint density at radius 3 is 1.67 bits per heavy atom. The topological polar surface area (TPSA) is 0 Å². The second kappa shape index (κ2) is 16.2. The van der Waals surface area contributed by atoms with Gasteiger partial charge in [-0.15, -0.1) is 11.8 Å². The molecule has 1 aromatic carbocycles. The molecule has 1 aromatic rings. The highest BCUT2D eigenvalue weighted by atomic mass is 32.2. The van der Waals surface area contributed by atoms with Gasteiger partial charge in [0.05, 0.1) is 0 Å². The Kier molecular flexibility index (Phi) is 18.6. The molecule has 2 aliphatic carbocycles. The fourth-order valence-corrected chi connectivity index (χ4v) is 5.93. The average molecular weight is 417 g/mol. The molecule has 0 bridgehead atoms. The van der Waals surface area contributed by atoms with Gasteiger partial charge in [0.1, 0.15) is 0 Å². The summed E-state index contributed by atoms with van der Waals surface area (Å²) in [5.74, 6) is 3.18. The molecule has 0 amide bonds. The lowest BCUT2D eigenvalue weighted by atomic mass is 9.70. The van der Waals surface area contributed by atoms with Crippen molar-refractivity contribution in [3.63, 3.8) is 0 Å². The number of benzene rings is 1. The molecule has 0 spiro atoms. The Morgan fingerprint density at radius 1 is 0.704 bits per heavy atom. The summed E-state index contributed by atoms with van der Waals surface area (Å²) in [5.41, 5.74) is 0. The molecule has 27 heavy (non-hydrogen) atoms. The van der Waals surface area contributed by atoms with Crippen molar-refractivity contribution in [1.82, 2.24) is 0 Å². The van der Waals surface area contributed by atoms with Crippen molar-refractivity contribution in [2.45, 2.75) is 81.3 Å². The number of hydrogen-bond donors (Lipinski definition) is 0. The van der Waals surface area contributed by atoms with Crippen LogP contribution in [-0.4, -0.2) is 5.25 Å². The zero-order valence-corrected chi connectivity index (χ0v) is 17.0. The highest BCUT2D eigenvalue weighted by Gasteiger charge is 2.30. The standard InChI is InChI=1S/C21H32S.5FH/c1-2-6-17-9-11-18(12-10-17)19-13-15-21(16-14-19)22-20-7-4-3-5-8-20;;;;;/h3-5,7-8,17-19,21H,2,6,9-16H2,1H3;5*1H. The minimum Gasteiger partial charge on any atom is -0.269 e. The predicted molar refractivity (Wildman–Crippen MR) is 111 cm³/mol. The van der Waals surface area contributed by atoms with Crippen LogP contribution in [0.3, 0.4) is 0 Å². The largest absolute Gasteiger partial charge is 0.269 e. The number of rotatable bonds is 5. The van der Waals surface area contributed by atoms with Gasteiger partial charge in [0, 0.05) is 10.1 Å². The van der Waals surface area contributed by atoms with Gasteiger partial charge in [-0.2, -0.15) is 0 Å². The molecule has 162 valence electrons. The van der Waals surface area contributed by atoms with Crippen LogP contribution in [-0.2, 0) is 0 Å². The quantitative estimate of drug-likeness (QED) is 0.443. The Bertz CT molecular complexity index is 429. The lowest BCUT2D eigenvalue weighted by molar-refractivity contribution is 0.165. The third-order valence-corrected chi connectivity index (χ3v) is 7.37. The van der Waals surface area contributed by atoms with Gasteiger partial charge >= 0.3 is 0 Å². The maximum atomic E-state index is 2.35. The van der Waals surface area contributed by atoms with Gasteiger partial charge in [0.25, 0.3) is 0 Å². The van der Waals surface area contributed by atoms with Crippen LogP contribution in [0.25, 0.3) is 0 Å². The second-order valence-corrected chi connectivity index (χ2v) is 8.91. The zero-order chi connectivity index (χ0) is 15.2. The van der Waals surface area contributed by atoms with Gasteiger partial charge < -0.3 is 0 Å². The predicted octanol–water partition coefficient (Wildman–Crippen LogP) is 7.71. The number of thioether (sulfide) groups is 1. The van der Waals surface area contributed by atoms with E-state index in [4.69, 9.17) is 0 Å². The van der Waals surface area contributed by atoms with Crippen LogP contribution >= 0.6 is 11.8 Å². The van der Waals surface area contributed by atoms with Gasteiger partial charge in [-0.25, -0.2) is 0 Å². The minimum atomic E-state index is 0. The molecule has 2 saturated carbocycles. The molecular weight excluding hydrogens is 379 g/mol. The summed E-state index contributed by atoms with van der Waals surface area (Å²) in [4.78, 5) is 1.46. The van der Waals surface area contributed by atoms with E-state index in [1.54, 1.807) is 0 Å². The molecular formula is C21H37F5S. The summed E-state index contributed by atoms with van der Waals surface area (Å²) in [6, 6.07) is 11.0. The van der Waals surface area contributed by atoms with Crippen molar-refractivity contribution in [2.75, 3.05) is 0 Å². The Labute approximate surface area is 165 Å². The van der Waals surface area contributed by atoms with E-state index in [0.29, 0.717) is 0 Å². The molecule has 0 radical (unpaired) electrons. The summed E-state index contributed by atoms with van der Waals surface area (Å²) in [6.45, 7) is 2.35. The van der Waals surface area contributed by atoms with E-state index in [1.165, 1.54) is 69.1 Å². The van der Waals surface area contributed by atoms with E-state index in [-0.39, 0.29) is 23.5 Å². The van der Waals surface area contributed by atoms with Crippen LogP contribution < -0.4 is 0 Å². The summed E-state index contributed by atoms with van der Waals surface area (Å²) in [7, 11) is 0. The first-order chi connectivity index (χ1) is 10.8. The molecule has 0 atom stereocenters. The first kappa shape index (κ1) is 30.9. The van der Waals surface area contributed by atoms with Crippen LogP contribution in [0.15, 0.2) is 35.2 Å². The second-order valence-electron chi connectivity index (χ2n) is 7.54. The van der Waals surface area contributed by atoms with Crippen molar-refractivity contribution in [3.05, 3.63) is 30.3 Å². The zero-order valence-electron chi connectivity index (χ0n) is 16.2. The van der Waals surface area contributed by atoms with Crippen LogP contribution in [0.5, 0.6) is 0 Å². The lowest BCUT2D eigenvalue weighted by Gasteiger charge is -2.37. The van der Waals surface area contributed by atoms with Gasteiger partial charge in [-0.1, -0.05) is 50.8 Å². The van der Waals surface area contributed by atoms with Crippen molar-refractivity contribution in [3.8, 4) is 0 Å². The van der Waals surface area contributed by atoms with Gasteiger partial charge in [0.2, 0.25) is 0 Å². The van der Waals surface area contributed by atoms with Crippen LogP contribution in [0, 0.1) is 17.8 Å². The SMILES string of the molecule is CCCC1CCC(C2CCC(Sc3ccccc3)CC2)CC1.F.F.F.F.F. The summed E-state index contributed by atoms with van der Waals surface area (Å²) < 4.78 is 0. The van der Waals surface area contributed by atoms with Gasteiger partial charge in [0.15, 0.2) is 0 Å². The first-order valence-corrected chi connectivity index (χ1v) is 10.4. The van der Waals surface area contributed by atoms with Crippen molar-refractivity contribution < 1.29 is 23.5 Å². The Morgan fingerprint density at radius 2 is 1.19 bits per heavy atom. The van der Waals surface area contributed by atoms with Crippen molar-refractivity contribution in [1.29, 1.82) is 0 Å². The fourth-order valence-electron chi connectivity index (χ4n) is 4.73. The average Bonchev–Trinajstić information content (AvgIpc) is 2.58. The molecule has 0 N–H and O–H groups in total. The Hall–Kier alpha value is -0.780. The summed E-state index contributed by atoms with van der Waals surface area (Å²) in [5, 5.41) is 0.870. The van der Waals surface area contributed by atoms with Crippen molar-refractivity contribution in [2.24, 2.45) is 17.8 Å². The minimum absolute atomic E-state index is 0. The van der Waals surface area contributed by atoms with Crippen LogP contribution in [0.4, 0.5) is 23.5 Å². The van der Waals surface area contributed by atoms with E-state index in [1.807, 2.05) is 0 Å². The fraction of sp³-hybridized carbons (Fsp3) is 0.714. The van der Waals surface area contributed by atoms with Gasteiger partial charge in [-0.05, 0) is 68.4 Å². The smallest absolute Gasteiger partial charge is 0.00946 e. The van der Waals surface area contributed by atoms with Crippen LogP contribution in [0.1, 0.15) is 71.1 Å². The maximum Gasteiger partial charge on any atom is 0.00946 e. The van der Waals surface area contributed by atoms with E-state index >= 15 is 0 Å². The van der Waals surface area contributed by atoms with Crippen molar-refractivity contribution >= 4 is 11.8 Å². The van der Waals surface area contributed by atoms with E-state index in [9.17, 15) is 0 Å². The third-order valence-electron chi connectivity index (χ3n) is 6.02. The lowest BCUT2D eigenvalue weighted by Crippen LogP contribution is -2.26. The molecule has 2 aliphatic rings. The molecule has 6 heteroatoms. The molecule has 0 unspecified atom stereocenters. The normalized spacial score (nSPS) is 26.7. The maximum absolute atomic E-state index is 2.35. The number of hydrogen-bond acceptors (Lipinski definition) is 1. The van der Waals surface area contributed by atoms with E-state index in [0.717, 1.165) is 23.0 Å². The molecule has 0 nitrogen and oxygen atoms in total. The molecule has 0 heterocycles. The van der Waals surface area contributed by atoms with Gasteiger partial charge in [-0.3, -0.25) is 23.5 Å². The summed E-state index contributed by atoms with van der Waals surface area (Å²) in [6.07, 6.45) is 14.9. The van der Waals surface area contributed by atoms with E-state index in [2.05, 4.69) is 49.0 Å². The molecule has 2 fully saturated rings. The molecule has 0 aromatic heterocycles. The summed E-state index contributed by atoms with van der Waals surface area (Å²) >= 11 is 2.12. The monoisotopic (exact) mass is 416 g/mol. The number of halogens is 5. The Balaban J connectivity index is -0.00000115. The van der Waals surface area contributed by atoms with E-state index < -0.39 is 0 Å². The molecule has 3 rings (SSSR count). The molecule has 0 aliphatic heterocycles. The molecule has 0 saturated heterocycles.